The maximum atomic E-state index is 12.0. The number of pyridine rings is 2. The highest BCUT2D eigenvalue weighted by atomic mass is 35.5. The Morgan fingerprint density at radius 2 is 1.23 bits per heavy atom. The van der Waals surface area contributed by atoms with Crippen LogP contribution in [0.4, 0.5) is 21.1 Å². The van der Waals surface area contributed by atoms with Crippen LogP contribution in [0.2, 0.25) is 0 Å². The van der Waals surface area contributed by atoms with Gasteiger partial charge < -0.3 is 30.1 Å². The Labute approximate surface area is 448 Å². The van der Waals surface area contributed by atoms with Crippen LogP contribution in [-0.2, 0) is 35.5 Å². The molecule has 0 spiro atoms. The molecule has 398 valence electrons. The first-order chi connectivity index (χ1) is 37.1. The van der Waals surface area contributed by atoms with Gasteiger partial charge >= 0.3 is 23.5 Å². The van der Waals surface area contributed by atoms with Gasteiger partial charge in [0.1, 0.15) is 5.52 Å². The van der Waals surface area contributed by atoms with E-state index in [-0.39, 0.29) is 12.3 Å². The molecule has 5 N–H and O–H groups in total. The molecule has 0 atom stereocenters. The molecule has 0 unspecified atom stereocenters. The number of hydrogen-bond donors (Lipinski definition) is 4. The number of nitrogens with one attached hydrogen (secondary N) is 3. The van der Waals surface area contributed by atoms with Gasteiger partial charge in [-0.3, -0.25) is 24.0 Å². The molecule has 0 saturated heterocycles. The van der Waals surface area contributed by atoms with Gasteiger partial charge in [-0.1, -0.05) is 97.1 Å². The Kier molecular flexibility index (Phi) is 20.4. The SMILES string of the molecule is CCOC(=O)Cl.CCOC(=O)Nn1ccc(-c2ccccc2)c1C(=O)OC.COC(=O)c1c(-c2ccccc2)ccn1N.CS(=O)(=O)Nc1cncc(-c2nc(NCc3ccccn3)c3c(-c4ccccc4)ccn3n2)c1. The molecular formula is C54H54ClN11O10S. The minimum absolute atomic E-state index is 0.233. The predicted molar refractivity (Wildman–Crippen MR) is 294 cm³/mol. The number of carbonyl (C=O) groups excluding carboxylic acids is 4. The van der Waals surface area contributed by atoms with Gasteiger partial charge in [0.15, 0.2) is 23.0 Å². The molecule has 1 amide bonds. The monoisotopic (exact) mass is 1080 g/mol. The number of nitrogens with two attached hydrogens (primary N) is 1. The van der Waals surface area contributed by atoms with Crippen molar-refractivity contribution in [2.24, 2.45) is 0 Å². The summed E-state index contributed by atoms with van der Waals surface area (Å²) >= 11 is 4.72. The Balaban J connectivity index is 0.000000190. The van der Waals surface area contributed by atoms with Crippen molar-refractivity contribution < 1.29 is 46.5 Å². The third kappa shape index (κ3) is 16.0. The van der Waals surface area contributed by atoms with Crippen molar-refractivity contribution >= 4 is 62.1 Å². The standard InChI is InChI=1S/C24H21N7O2S.C15H16N2O4.C12H12N2O2.C3H5ClO2/c1-34(32,33)30-20-13-18(14-25-15-20)23-28-24(27-16-19-9-5-6-11-26-19)22-21(10-12-31(22)29-23)17-7-3-2-4-8-17;1-3-21-15(19)16-17-10-9-12(13(17)14(18)20-2)11-7-5-4-6-8-11;1-16-12(15)11-10(7-8-14(11)13)9-5-3-2-4-6-9;1-2-6-3(4)5/h2-15,30H,16H2,1H3,(H,27,28,29);4-10H,3H2,1-2H3,(H,16,19);2-8H,13H2,1H3;2H2,1H3. The van der Waals surface area contributed by atoms with E-state index >= 15 is 0 Å². The number of nitrogens with zero attached hydrogens (tertiary/aromatic N) is 7. The fraction of sp³-hybridized carbons (Fsp3) is 0.148. The molecule has 9 aromatic rings. The Hall–Kier alpha value is -9.54. The largest absolute Gasteiger partial charge is 0.464 e. The third-order valence-corrected chi connectivity index (χ3v) is 11.2. The van der Waals surface area contributed by atoms with Crippen LogP contribution < -0.4 is 21.3 Å². The number of halogens is 1. The van der Waals surface area contributed by atoms with Crippen molar-refractivity contribution in [1.82, 2.24) is 33.9 Å². The van der Waals surface area contributed by atoms with Crippen LogP contribution in [-0.4, -0.2) is 99.5 Å². The lowest BCUT2D eigenvalue weighted by molar-refractivity contribution is 0.0582. The van der Waals surface area contributed by atoms with E-state index in [0.717, 1.165) is 45.3 Å². The number of amides is 1. The number of hydrogen-bond acceptors (Lipinski definition) is 16. The highest BCUT2D eigenvalue weighted by Crippen LogP contribution is 2.32. The number of fused-ring (bicyclic) bond motifs is 1. The normalized spacial score (nSPS) is 10.5. The second kappa shape index (κ2) is 27.7. The second-order valence-corrected chi connectivity index (χ2v) is 17.9. The molecular weight excluding hydrogens is 1030 g/mol. The van der Waals surface area contributed by atoms with Crippen molar-refractivity contribution in [3.05, 3.63) is 188 Å². The first-order valence-electron chi connectivity index (χ1n) is 23.4. The lowest BCUT2D eigenvalue weighted by atomic mass is 10.1. The van der Waals surface area contributed by atoms with Crippen molar-refractivity contribution in [3.8, 4) is 44.8 Å². The summed E-state index contributed by atoms with van der Waals surface area (Å²) in [6.45, 7) is 4.46. The van der Waals surface area contributed by atoms with E-state index in [1.165, 1.54) is 29.8 Å². The summed E-state index contributed by atoms with van der Waals surface area (Å²) in [4.78, 5) is 58.0. The topological polar surface area (TPSA) is 267 Å². The molecule has 9 rings (SSSR count). The molecule has 0 aliphatic rings. The Morgan fingerprint density at radius 3 is 1.78 bits per heavy atom. The van der Waals surface area contributed by atoms with E-state index < -0.39 is 33.5 Å². The fourth-order valence-corrected chi connectivity index (χ4v) is 7.95. The van der Waals surface area contributed by atoms with E-state index in [2.05, 4.69) is 35.3 Å². The minimum atomic E-state index is -3.44. The summed E-state index contributed by atoms with van der Waals surface area (Å²) in [7, 11) is -0.813. The van der Waals surface area contributed by atoms with Crippen LogP contribution >= 0.6 is 11.6 Å². The summed E-state index contributed by atoms with van der Waals surface area (Å²) in [5.41, 5.74) is 10.2. The van der Waals surface area contributed by atoms with E-state index in [4.69, 9.17) is 36.6 Å². The fourth-order valence-electron chi connectivity index (χ4n) is 7.30. The number of anilines is 2. The van der Waals surface area contributed by atoms with Crippen LogP contribution in [0.25, 0.3) is 50.3 Å². The molecule has 3 aromatic carbocycles. The highest BCUT2D eigenvalue weighted by Gasteiger charge is 2.21. The minimum Gasteiger partial charge on any atom is -0.464 e. The average Bonchev–Trinajstić information content (AvgIpc) is 4.18. The molecule has 6 heterocycles. The molecule has 0 aliphatic carbocycles. The highest BCUT2D eigenvalue weighted by molar-refractivity contribution is 7.92. The smallest absolute Gasteiger partial charge is 0.426 e. The number of nitrogen functional groups attached to an aromatic ring is 1. The van der Waals surface area contributed by atoms with Gasteiger partial charge in [0.2, 0.25) is 10.0 Å². The van der Waals surface area contributed by atoms with Crippen LogP contribution in [0.1, 0.15) is 40.5 Å². The van der Waals surface area contributed by atoms with Crippen LogP contribution in [0.3, 0.4) is 0 Å². The molecule has 77 heavy (non-hydrogen) atoms. The summed E-state index contributed by atoms with van der Waals surface area (Å²) in [6.07, 6.45) is 10.3. The zero-order valence-electron chi connectivity index (χ0n) is 42.4. The number of aromatic nitrogens is 7. The van der Waals surface area contributed by atoms with Gasteiger partial charge in [-0.2, -0.15) is 0 Å². The van der Waals surface area contributed by atoms with Gasteiger partial charge in [0, 0.05) is 64.8 Å². The molecule has 21 nitrogen and oxygen atoms in total. The maximum absolute atomic E-state index is 12.0. The van der Waals surface area contributed by atoms with E-state index in [9.17, 15) is 27.6 Å². The van der Waals surface area contributed by atoms with Crippen LogP contribution in [0.5, 0.6) is 0 Å². The summed E-state index contributed by atoms with van der Waals surface area (Å²) in [5.74, 6) is 5.71. The van der Waals surface area contributed by atoms with E-state index in [0.29, 0.717) is 47.3 Å². The molecule has 0 bridgehead atoms. The molecule has 0 fully saturated rings. The molecule has 23 heteroatoms. The summed E-state index contributed by atoms with van der Waals surface area (Å²) < 4.78 is 48.5. The Morgan fingerprint density at radius 1 is 0.675 bits per heavy atom. The number of carbonyl (C=O) groups is 4. The third-order valence-electron chi connectivity index (χ3n) is 10.5. The number of ether oxygens (including phenoxy) is 4. The first kappa shape index (κ1) is 56.8. The predicted octanol–water partition coefficient (Wildman–Crippen LogP) is 9.52. The molecule has 0 aliphatic heterocycles. The van der Waals surface area contributed by atoms with Gasteiger partial charge in [0.05, 0.1) is 57.8 Å². The second-order valence-electron chi connectivity index (χ2n) is 15.8. The van der Waals surface area contributed by atoms with E-state index in [1.54, 1.807) is 61.3 Å². The number of sulfonamides is 1. The lowest BCUT2D eigenvalue weighted by Crippen LogP contribution is -2.26. The molecule has 0 saturated carbocycles. The zero-order chi connectivity index (χ0) is 55.3. The van der Waals surface area contributed by atoms with Gasteiger partial charge in [0.25, 0.3) is 0 Å². The molecule has 0 radical (unpaired) electrons. The summed E-state index contributed by atoms with van der Waals surface area (Å²) in [5, 5.41) is 8.07. The number of methoxy groups -OCH3 is 2. The van der Waals surface area contributed by atoms with Crippen molar-refractivity contribution in [2.45, 2.75) is 20.4 Å². The lowest BCUT2D eigenvalue weighted by Gasteiger charge is -2.12. The van der Waals surface area contributed by atoms with E-state index in [1.807, 2.05) is 121 Å². The summed E-state index contributed by atoms with van der Waals surface area (Å²) in [6, 6.07) is 41.9. The Bertz CT molecular complexity index is 3510. The zero-order valence-corrected chi connectivity index (χ0v) is 43.9. The average molecular weight is 1080 g/mol. The van der Waals surface area contributed by atoms with Crippen LogP contribution in [0.15, 0.2) is 171 Å². The maximum Gasteiger partial charge on any atom is 0.426 e. The van der Waals surface area contributed by atoms with Gasteiger partial charge in [-0.25, -0.2) is 42.5 Å². The van der Waals surface area contributed by atoms with Gasteiger partial charge in [-0.05, 0) is 66.9 Å². The number of benzene rings is 3. The van der Waals surface area contributed by atoms with Crippen molar-refractivity contribution in [3.63, 3.8) is 0 Å². The van der Waals surface area contributed by atoms with Crippen molar-refractivity contribution in [1.29, 1.82) is 0 Å². The van der Waals surface area contributed by atoms with Gasteiger partial charge in [-0.15, -0.1) is 5.10 Å². The molecule has 6 aromatic heterocycles. The number of esters is 2. The quantitative estimate of drug-likeness (QED) is 0.0342. The first-order valence-corrected chi connectivity index (χ1v) is 25.6. The number of rotatable bonds is 14. The van der Waals surface area contributed by atoms with Crippen LogP contribution in [0, 0.1) is 0 Å². The van der Waals surface area contributed by atoms with Crippen molar-refractivity contribution in [2.75, 3.05) is 55.0 Å².